The Hall–Kier alpha value is -4.19. The summed E-state index contributed by atoms with van der Waals surface area (Å²) in [5, 5.41) is 0.829. The summed E-state index contributed by atoms with van der Waals surface area (Å²) in [7, 11) is 0. The first-order valence-corrected chi connectivity index (χ1v) is 12.4. The quantitative estimate of drug-likeness (QED) is 0.317. The number of ether oxygens (including phenoxy) is 1. The molecule has 4 aromatic carbocycles. The first-order valence-electron chi connectivity index (χ1n) is 12.4. The molecule has 0 N–H and O–H groups in total. The van der Waals surface area contributed by atoms with Gasteiger partial charge in [-0.2, -0.15) is 0 Å². The third-order valence-corrected chi connectivity index (χ3v) is 8.30. The summed E-state index contributed by atoms with van der Waals surface area (Å²) in [4.78, 5) is 16.2. The van der Waals surface area contributed by atoms with Gasteiger partial charge in [0.15, 0.2) is 11.5 Å². The summed E-state index contributed by atoms with van der Waals surface area (Å²) >= 11 is 0. The van der Waals surface area contributed by atoms with Crippen molar-refractivity contribution in [1.82, 2.24) is 9.27 Å². The molecule has 35 heavy (non-hydrogen) atoms. The third kappa shape index (κ3) is 2.02. The van der Waals surface area contributed by atoms with Crippen molar-refractivity contribution >= 4 is 45.7 Å². The first-order chi connectivity index (χ1) is 17.3. The number of nitrogens with zero attached hydrogens (tertiary/aromatic N) is 3. The lowest BCUT2D eigenvalue weighted by Crippen LogP contribution is -2.53. The van der Waals surface area contributed by atoms with Gasteiger partial charge in [0.1, 0.15) is 0 Å². The van der Waals surface area contributed by atoms with Gasteiger partial charge in [-0.25, -0.2) is 4.68 Å². The van der Waals surface area contributed by atoms with Crippen LogP contribution in [0.25, 0.3) is 16.6 Å². The molecule has 166 valence electrons. The number of hydrogen-bond acceptors (Lipinski definition) is 3. The Bertz CT molecular complexity index is 1830. The minimum absolute atomic E-state index is 0.0695. The summed E-state index contributed by atoms with van der Waals surface area (Å²) in [5.74, 6) is 1.69. The summed E-state index contributed by atoms with van der Waals surface area (Å²) < 4.78 is 10.6. The molecule has 0 unspecified atom stereocenters. The van der Waals surface area contributed by atoms with Crippen molar-refractivity contribution < 1.29 is 4.74 Å². The molecule has 0 amide bonds. The molecule has 5 aromatic rings. The minimum atomic E-state index is -0.0695. The fourth-order valence-electron chi connectivity index (χ4n) is 6.92. The van der Waals surface area contributed by atoms with Crippen molar-refractivity contribution in [2.24, 2.45) is 0 Å². The van der Waals surface area contributed by atoms with Crippen LogP contribution in [0.3, 0.4) is 0 Å². The van der Waals surface area contributed by atoms with Crippen LogP contribution >= 0.6 is 0 Å². The molecule has 3 aliphatic heterocycles. The third-order valence-electron chi connectivity index (χ3n) is 8.30. The highest BCUT2D eigenvalue weighted by Crippen LogP contribution is 2.52. The molecule has 1 aromatic heterocycles. The summed E-state index contributed by atoms with van der Waals surface area (Å²) in [6.45, 7) is -0.0695. The van der Waals surface area contributed by atoms with Crippen LogP contribution in [-0.4, -0.2) is 16.1 Å². The van der Waals surface area contributed by atoms with E-state index in [2.05, 4.69) is 64.1 Å². The highest BCUT2D eigenvalue weighted by atomic mass is 16.5. The molecule has 9 rings (SSSR count). The molecule has 0 radical (unpaired) electrons. The van der Waals surface area contributed by atoms with E-state index in [9.17, 15) is 4.79 Å². The lowest BCUT2D eigenvalue weighted by Gasteiger charge is -2.39. The van der Waals surface area contributed by atoms with Crippen molar-refractivity contribution in [1.29, 1.82) is 0 Å². The lowest BCUT2D eigenvalue weighted by molar-refractivity contribution is 0.477. The van der Waals surface area contributed by atoms with Crippen LogP contribution in [0.2, 0.25) is 0 Å². The van der Waals surface area contributed by atoms with Crippen LogP contribution in [0, 0.1) is 0 Å². The van der Waals surface area contributed by atoms with Crippen LogP contribution in [0.1, 0.15) is 24.0 Å². The highest BCUT2D eigenvalue weighted by molar-refractivity contribution is 6.89. The van der Waals surface area contributed by atoms with Gasteiger partial charge in [0.25, 0.3) is 5.56 Å². The minimum Gasteiger partial charge on any atom is -0.453 e. The van der Waals surface area contributed by atoms with Gasteiger partial charge < -0.3 is 14.2 Å². The van der Waals surface area contributed by atoms with E-state index in [-0.39, 0.29) is 12.4 Å². The fourth-order valence-corrected chi connectivity index (χ4v) is 6.92. The normalized spacial score (nSPS) is 15.8. The Morgan fingerprint density at radius 2 is 1.60 bits per heavy atom. The maximum Gasteiger partial charge on any atom is 0.353 e. The highest BCUT2D eigenvalue weighted by Gasteiger charge is 2.48. The Morgan fingerprint density at radius 1 is 0.771 bits per heavy atom. The molecular formula is C29H20BN3O2. The Morgan fingerprint density at radius 3 is 2.54 bits per heavy atom. The summed E-state index contributed by atoms with van der Waals surface area (Å²) in [6, 6.07) is 25.2. The van der Waals surface area contributed by atoms with Gasteiger partial charge in [0, 0.05) is 11.2 Å². The van der Waals surface area contributed by atoms with Crippen LogP contribution in [0.4, 0.5) is 17.1 Å². The average Bonchev–Trinajstić information content (AvgIpc) is 3.41. The second kappa shape index (κ2) is 6.08. The molecule has 5 nitrogen and oxygen atoms in total. The van der Waals surface area contributed by atoms with E-state index < -0.39 is 0 Å². The predicted octanol–water partition coefficient (Wildman–Crippen LogP) is 4.53. The largest absolute Gasteiger partial charge is 0.453 e. The van der Waals surface area contributed by atoms with Crippen molar-refractivity contribution in [2.75, 3.05) is 4.90 Å². The van der Waals surface area contributed by atoms with Gasteiger partial charge >= 0.3 is 6.85 Å². The maximum atomic E-state index is 13.9. The van der Waals surface area contributed by atoms with Crippen molar-refractivity contribution in [3.8, 4) is 17.2 Å². The van der Waals surface area contributed by atoms with Crippen LogP contribution < -0.4 is 26.1 Å². The van der Waals surface area contributed by atoms with E-state index in [0.717, 1.165) is 63.5 Å². The SMILES string of the molecule is O=c1c2ccc3c(c2n2n1-c1ccc4c5c1B2c1ccccc1N5c1ccccc1O4)CCCC3. The number of para-hydroxylation sites is 3. The number of aromatic nitrogens is 2. The molecule has 0 atom stereocenters. The van der Waals surface area contributed by atoms with Crippen molar-refractivity contribution in [3.05, 3.63) is 94.3 Å². The van der Waals surface area contributed by atoms with E-state index in [4.69, 9.17) is 4.74 Å². The molecule has 0 spiro atoms. The summed E-state index contributed by atoms with van der Waals surface area (Å²) in [6.07, 6.45) is 4.51. The molecule has 0 saturated heterocycles. The molecule has 6 heteroatoms. The van der Waals surface area contributed by atoms with E-state index in [1.54, 1.807) is 0 Å². The van der Waals surface area contributed by atoms with Gasteiger partial charge in [-0.15, -0.1) is 0 Å². The topological polar surface area (TPSA) is 39.4 Å². The van der Waals surface area contributed by atoms with Crippen molar-refractivity contribution in [3.63, 3.8) is 0 Å². The number of rotatable bonds is 0. The molecule has 1 aliphatic carbocycles. The zero-order chi connectivity index (χ0) is 22.8. The van der Waals surface area contributed by atoms with Gasteiger partial charge in [-0.05, 0) is 78.7 Å². The second-order valence-electron chi connectivity index (χ2n) is 9.98. The average molecular weight is 453 g/mol. The predicted molar refractivity (Wildman–Crippen MR) is 139 cm³/mol. The molecule has 0 bridgehead atoms. The monoisotopic (exact) mass is 453 g/mol. The summed E-state index contributed by atoms with van der Waals surface area (Å²) in [5.41, 5.74) is 10.5. The van der Waals surface area contributed by atoms with E-state index in [1.807, 2.05) is 22.9 Å². The molecule has 4 heterocycles. The first kappa shape index (κ1) is 18.2. The number of aryl methyl sites for hydroxylation is 2. The standard InChI is InChI=1S/C29H20BN3O2/c34-29-19-14-13-17-7-1-2-8-18(17)27(19)33-30-20-9-3-4-10-21(20)31-22-11-5-6-12-24(22)35-25-16-15-23(32(29)33)26(30)28(25)31/h3-6,9-16H,1-2,7-8H2. The molecule has 0 fully saturated rings. The lowest BCUT2D eigenvalue weighted by atomic mass is 9.48. The molecule has 4 aliphatic rings. The van der Waals surface area contributed by atoms with Crippen molar-refractivity contribution in [2.45, 2.75) is 25.7 Å². The van der Waals surface area contributed by atoms with Gasteiger partial charge in [0.05, 0.1) is 28.0 Å². The number of fused-ring (bicyclic) bond motifs is 12. The second-order valence-corrected chi connectivity index (χ2v) is 9.98. The van der Waals surface area contributed by atoms with E-state index in [0.29, 0.717) is 0 Å². The van der Waals surface area contributed by atoms with Gasteiger partial charge in [-0.3, -0.25) is 4.79 Å². The van der Waals surface area contributed by atoms with E-state index in [1.165, 1.54) is 29.4 Å². The van der Waals surface area contributed by atoms with Crippen LogP contribution in [0.15, 0.2) is 77.6 Å². The number of benzene rings is 4. The maximum absolute atomic E-state index is 13.9. The molecular weight excluding hydrogens is 433 g/mol. The smallest absolute Gasteiger partial charge is 0.353 e. The number of hydrogen-bond donors (Lipinski definition) is 0. The Labute approximate surface area is 201 Å². The molecule has 0 saturated carbocycles. The fraction of sp³-hybridized carbons (Fsp3) is 0.138. The Balaban J connectivity index is 1.45. The van der Waals surface area contributed by atoms with E-state index >= 15 is 0 Å². The zero-order valence-electron chi connectivity index (χ0n) is 19.0. The van der Waals surface area contributed by atoms with Crippen LogP contribution in [0.5, 0.6) is 11.5 Å². The zero-order valence-corrected chi connectivity index (χ0v) is 19.0. The number of anilines is 3. The Kier molecular flexibility index (Phi) is 3.16. The van der Waals surface area contributed by atoms with Gasteiger partial charge in [-0.1, -0.05) is 36.4 Å². The van der Waals surface area contributed by atoms with Crippen LogP contribution in [-0.2, 0) is 12.8 Å². The van der Waals surface area contributed by atoms with Gasteiger partial charge in [0.2, 0.25) is 0 Å².